The number of carbonyl (C=O) groups excluding carboxylic acids is 1. The van der Waals surface area contributed by atoms with E-state index in [1.54, 1.807) is 0 Å². The van der Waals surface area contributed by atoms with Gasteiger partial charge in [0.05, 0.1) is 6.04 Å². The number of aromatic amines is 1. The molecule has 1 aromatic heterocycles. The molecule has 26 heavy (non-hydrogen) atoms. The average molecular weight is 349 g/mol. The van der Waals surface area contributed by atoms with Gasteiger partial charge in [0.15, 0.2) is 0 Å². The maximum absolute atomic E-state index is 12.2. The van der Waals surface area contributed by atoms with Gasteiger partial charge in [0.25, 0.3) is 0 Å². The van der Waals surface area contributed by atoms with Gasteiger partial charge in [-0.25, -0.2) is 0 Å². The van der Waals surface area contributed by atoms with Crippen LogP contribution >= 0.6 is 0 Å². The van der Waals surface area contributed by atoms with E-state index in [-0.39, 0.29) is 23.9 Å². The number of hydrogen-bond donors (Lipinski definition) is 3. The van der Waals surface area contributed by atoms with E-state index < -0.39 is 0 Å². The van der Waals surface area contributed by atoms with E-state index in [1.165, 1.54) is 16.5 Å². The van der Waals surface area contributed by atoms with E-state index >= 15 is 0 Å². The summed E-state index contributed by atoms with van der Waals surface area (Å²) >= 11 is 0. The van der Waals surface area contributed by atoms with Gasteiger partial charge in [-0.15, -0.1) is 0 Å². The number of nitrogens with one attached hydrogen (secondary N) is 3. The summed E-state index contributed by atoms with van der Waals surface area (Å²) in [7, 11) is 0. The van der Waals surface area contributed by atoms with E-state index in [2.05, 4.69) is 64.3 Å². The lowest BCUT2D eigenvalue weighted by Crippen LogP contribution is -2.45. The Morgan fingerprint density at radius 3 is 2.42 bits per heavy atom. The molecule has 0 spiro atoms. The lowest BCUT2D eigenvalue weighted by Gasteiger charge is -2.22. The highest BCUT2D eigenvalue weighted by molar-refractivity contribution is 5.84. The zero-order chi connectivity index (χ0) is 18.5. The molecule has 3 aromatic rings. The van der Waals surface area contributed by atoms with Crippen LogP contribution in [0.15, 0.2) is 60.8 Å². The van der Waals surface area contributed by atoms with Crippen LogP contribution in [0.1, 0.15) is 37.8 Å². The summed E-state index contributed by atoms with van der Waals surface area (Å²) in [5, 5.41) is 7.60. The van der Waals surface area contributed by atoms with Crippen molar-refractivity contribution in [3.05, 3.63) is 71.9 Å². The summed E-state index contributed by atoms with van der Waals surface area (Å²) in [5.41, 5.74) is 3.62. The molecule has 0 bridgehead atoms. The van der Waals surface area contributed by atoms with Crippen molar-refractivity contribution in [2.75, 3.05) is 6.54 Å². The Balaban J connectivity index is 1.84. The first-order valence-electron chi connectivity index (χ1n) is 9.21. The summed E-state index contributed by atoms with van der Waals surface area (Å²) in [5.74, 6) is 0.201. The Kier molecular flexibility index (Phi) is 5.74. The number of H-pyrrole nitrogens is 1. The second-order valence-electron chi connectivity index (χ2n) is 7.05. The number of rotatable bonds is 7. The smallest absolute Gasteiger partial charge is 0.237 e. The molecule has 0 saturated heterocycles. The molecule has 136 valence electrons. The lowest BCUT2D eigenvalue weighted by molar-refractivity contribution is -0.123. The Morgan fingerprint density at radius 1 is 1.00 bits per heavy atom. The van der Waals surface area contributed by atoms with Gasteiger partial charge < -0.3 is 15.6 Å². The Hall–Kier alpha value is -2.59. The maximum Gasteiger partial charge on any atom is 0.237 e. The zero-order valence-electron chi connectivity index (χ0n) is 15.6. The van der Waals surface area contributed by atoms with Crippen LogP contribution in [0.4, 0.5) is 0 Å². The Morgan fingerprint density at radius 2 is 1.69 bits per heavy atom. The summed E-state index contributed by atoms with van der Waals surface area (Å²) in [4.78, 5) is 15.6. The van der Waals surface area contributed by atoms with Crippen LogP contribution in [-0.4, -0.2) is 29.5 Å². The third-order valence-corrected chi connectivity index (χ3v) is 4.65. The van der Waals surface area contributed by atoms with Gasteiger partial charge in [-0.2, -0.15) is 0 Å². The second kappa shape index (κ2) is 8.19. The van der Waals surface area contributed by atoms with Crippen molar-refractivity contribution in [3.63, 3.8) is 0 Å². The summed E-state index contributed by atoms with van der Waals surface area (Å²) < 4.78 is 0. The molecule has 4 heteroatoms. The lowest BCUT2D eigenvalue weighted by atomic mass is 9.90. The Bertz CT molecular complexity index is 854. The molecule has 0 aliphatic carbocycles. The maximum atomic E-state index is 12.2. The van der Waals surface area contributed by atoms with E-state index in [0.717, 1.165) is 5.52 Å². The van der Waals surface area contributed by atoms with Crippen molar-refractivity contribution < 1.29 is 4.79 Å². The normalized spacial score (nSPS) is 13.7. The van der Waals surface area contributed by atoms with Crippen molar-refractivity contribution in [1.82, 2.24) is 15.6 Å². The van der Waals surface area contributed by atoms with Crippen LogP contribution in [0.25, 0.3) is 10.9 Å². The predicted octanol–water partition coefficient (Wildman–Crippen LogP) is 3.80. The highest BCUT2D eigenvalue weighted by Gasteiger charge is 2.20. The summed E-state index contributed by atoms with van der Waals surface area (Å²) in [6.07, 6.45) is 2.09. The van der Waals surface area contributed by atoms with E-state index in [9.17, 15) is 4.79 Å². The van der Waals surface area contributed by atoms with E-state index in [1.807, 2.05) is 32.9 Å². The van der Waals surface area contributed by atoms with Crippen LogP contribution < -0.4 is 10.6 Å². The molecule has 0 aliphatic heterocycles. The minimum absolute atomic E-state index is 0.0331. The summed E-state index contributed by atoms with van der Waals surface area (Å²) in [6, 6.07) is 18.7. The van der Waals surface area contributed by atoms with Gasteiger partial charge >= 0.3 is 0 Å². The van der Waals surface area contributed by atoms with Crippen LogP contribution in [0.5, 0.6) is 0 Å². The quantitative estimate of drug-likeness (QED) is 0.608. The van der Waals surface area contributed by atoms with Crippen molar-refractivity contribution in [3.8, 4) is 0 Å². The topological polar surface area (TPSA) is 56.9 Å². The molecular formula is C22H27N3O. The SMILES string of the molecule is CC(C)NC(=O)[C@H](C)NC[C@@H](c1ccccc1)c1c[nH]c2ccccc12. The highest BCUT2D eigenvalue weighted by atomic mass is 16.2. The average Bonchev–Trinajstić information content (AvgIpc) is 3.06. The Labute approximate surface area is 155 Å². The van der Waals surface area contributed by atoms with Gasteiger partial charge in [0.2, 0.25) is 5.91 Å². The second-order valence-corrected chi connectivity index (χ2v) is 7.05. The molecule has 2 atom stereocenters. The highest BCUT2D eigenvalue weighted by Crippen LogP contribution is 2.30. The van der Waals surface area contributed by atoms with Crippen LogP contribution in [0, 0.1) is 0 Å². The molecule has 0 saturated carbocycles. The van der Waals surface area contributed by atoms with Crippen LogP contribution in [-0.2, 0) is 4.79 Å². The van der Waals surface area contributed by atoms with Crippen molar-refractivity contribution in [2.24, 2.45) is 0 Å². The predicted molar refractivity (Wildman–Crippen MR) is 107 cm³/mol. The van der Waals surface area contributed by atoms with Gasteiger partial charge in [0.1, 0.15) is 0 Å². The third kappa shape index (κ3) is 4.14. The number of carbonyl (C=O) groups is 1. The van der Waals surface area contributed by atoms with Crippen LogP contribution in [0.3, 0.4) is 0 Å². The fourth-order valence-corrected chi connectivity index (χ4v) is 3.27. The van der Waals surface area contributed by atoms with Crippen molar-refractivity contribution >= 4 is 16.8 Å². The van der Waals surface area contributed by atoms with E-state index in [4.69, 9.17) is 0 Å². The fraction of sp³-hybridized carbons (Fsp3) is 0.318. The molecule has 0 unspecified atom stereocenters. The molecule has 1 amide bonds. The number of amides is 1. The molecule has 1 heterocycles. The van der Waals surface area contributed by atoms with Gasteiger partial charge in [0, 0.05) is 35.6 Å². The number of benzene rings is 2. The van der Waals surface area contributed by atoms with Crippen molar-refractivity contribution in [2.45, 2.75) is 38.8 Å². The first-order chi connectivity index (χ1) is 12.6. The minimum Gasteiger partial charge on any atom is -0.361 e. The molecule has 3 N–H and O–H groups in total. The first kappa shape index (κ1) is 18.2. The molecule has 2 aromatic carbocycles. The summed E-state index contributed by atoms with van der Waals surface area (Å²) in [6.45, 7) is 6.56. The van der Waals surface area contributed by atoms with Gasteiger partial charge in [-0.1, -0.05) is 48.5 Å². The van der Waals surface area contributed by atoms with Crippen molar-refractivity contribution in [1.29, 1.82) is 0 Å². The fourth-order valence-electron chi connectivity index (χ4n) is 3.27. The molecule has 0 radical (unpaired) electrons. The molecule has 0 aliphatic rings. The molecule has 4 nitrogen and oxygen atoms in total. The minimum atomic E-state index is -0.242. The number of fused-ring (bicyclic) bond motifs is 1. The van der Waals surface area contributed by atoms with Crippen LogP contribution in [0.2, 0.25) is 0 Å². The number of aromatic nitrogens is 1. The standard InChI is InChI=1S/C22H27N3O/c1-15(2)25-22(26)16(3)23-13-19(17-9-5-4-6-10-17)20-14-24-21-12-8-7-11-18(20)21/h4-12,14-16,19,23-24H,13H2,1-3H3,(H,25,26)/t16-,19-/m0/s1. The monoisotopic (exact) mass is 349 g/mol. The largest absolute Gasteiger partial charge is 0.361 e. The first-order valence-corrected chi connectivity index (χ1v) is 9.21. The molecular weight excluding hydrogens is 322 g/mol. The zero-order valence-corrected chi connectivity index (χ0v) is 15.6. The third-order valence-electron chi connectivity index (χ3n) is 4.65. The number of para-hydroxylation sites is 1. The van der Waals surface area contributed by atoms with E-state index in [0.29, 0.717) is 6.54 Å². The van der Waals surface area contributed by atoms with Gasteiger partial charge in [-0.05, 0) is 38.0 Å². The number of hydrogen-bond acceptors (Lipinski definition) is 2. The molecule has 3 rings (SSSR count). The molecule has 0 fully saturated rings. The van der Waals surface area contributed by atoms with Gasteiger partial charge in [-0.3, -0.25) is 4.79 Å².